The second kappa shape index (κ2) is 8.68. The molecule has 3 aromatic rings. The number of nitrogens with zero attached hydrogens (tertiary/aromatic N) is 1. The van der Waals surface area contributed by atoms with Crippen molar-refractivity contribution >= 4 is 43.9 Å². The van der Waals surface area contributed by atoms with Gasteiger partial charge in [0.05, 0.1) is 10.5 Å². The summed E-state index contributed by atoms with van der Waals surface area (Å²) in [5.74, 6) is -1.24. The van der Waals surface area contributed by atoms with Crippen molar-refractivity contribution in [3.8, 4) is 0 Å². The molecule has 188 valence electrons. The fourth-order valence-corrected chi connectivity index (χ4v) is 5.80. The maximum absolute atomic E-state index is 13.7. The summed E-state index contributed by atoms with van der Waals surface area (Å²) >= 11 is 0. The summed E-state index contributed by atoms with van der Waals surface area (Å²) in [4.78, 5) is 41.5. The van der Waals surface area contributed by atoms with E-state index in [1.165, 1.54) is 28.7 Å². The van der Waals surface area contributed by atoms with Gasteiger partial charge >= 0.3 is 12.1 Å². The Kier molecular flexibility index (Phi) is 6.14. The smallest absolute Gasteiger partial charge is 0.407 e. The number of pyridine rings is 1. The highest BCUT2D eigenvalue weighted by molar-refractivity contribution is 7.89. The minimum absolute atomic E-state index is 0.0349. The molecular weight excluding hydrogens is 476 g/mol. The summed E-state index contributed by atoms with van der Waals surface area (Å²) in [5, 5.41) is 12.7. The lowest BCUT2D eigenvalue weighted by Gasteiger charge is -2.27. The van der Waals surface area contributed by atoms with Crippen molar-refractivity contribution in [2.24, 2.45) is 0 Å². The molecule has 2 heterocycles. The van der Waals surface area contributed by atoms with Crippen LogP contribution in [0.3, 0.4) is 0 Å². The number of carboxylic acid groups (broad SMARTS) is 1. The number of ether oxygens (including phenoxy) is 1. The molecule has 2 aromatic heterocycles. The minimum Gasteiger partial charge on any atom is -0.478 e. The van der Waals surface area contributed by atoms with E-state index in [9.17, 15) is 27.9 Å². The van der Waals surface area contributed by atoms with Crippen molar-refractivity contribution < 1.29 is 27.9 Å². The molecule has 1 amide bonds. The molecule has 11 nitrogen and oxygen atoms in total. The highest BCUT2D eigenvalue weighted by atomic mass is 32.2. The molecule has 0 bridgehead atoms. The molecule has 1 saturated carbocycles. The predicted octanol–water partition coefficient (Wildman–Crippen LogP) is 2.77. The fourth-order valence-electron chi connectivity index (χ4n) is 4.00. The minimum atomic E-state index is -4.00. The first kappa shape index (κ1) is 24.7. The van der Waals surface area contributed by atoms with Crippen LogP contribution in [0.2, 0.25) is 0 Å². The van der Waals surface area contributed by atoms with E-state index in [0.717, 1.165) is 0 Å². The first-order valence-corrected chi connectivity index (χ1v) is 12.6. The Bertz CT molecular complexity index is 1480. The number of aromatic nitrogens is 2. The third-order valence-corrected chi connectivity index (χ3v) is 7.54. The molecule has 4 N–H and O–H groups in total. The van der Waals surface area contributed by atoms with Gasteiger partial charge in [-0.3, -0.25) is 4.79 Å². The molecule has 0 radical (unpaired) electrons. The number of fused-ring (bicyclic) bond motifs is 3. The van der Waals surface area contributed by atoms with Crippen molar-refractivity contribution in [1.29, 1.82) is 0 Å². The molecule has 1 atom stereocenters. The van der Waals surface area contributed by atoms with Crippen LogP contribution in [-0.4, -0.2) is 64.1 Å². The quantitative estimate of drug-likeness (QED) is 0.384. The number of hydrogen-bond donors (Lipinski definition) is 4. The van der Waals surface area contributed by atoms with Gasteiger partial charge in [-0.25, -0.2) is 18.0 Å². The Morgan fingerprint density at radius 3 is 2.57 bits per heavy atom. The van der Waals surface area contributed by atoms with Crippen molar-refractivity contribution in [2.45, 2.75) is 63.1 Å². The molecular formula is C23H28N4O7S. The van der Waals surface area contributed by atoms with Crippen molar-refractivity contribution in [3.05, 3.63) is 40.3 Å². The molecule has 1 aliphatic carbocycles. The first-order chi connectivity index (χ1) is 16.3. The summed E-state index contributed by atoms with van der Waals surface area (Å²) < 4.78 is 33.9. The molecule has 35 heavy (non-hydrogen) atoms. The Hall–Kier alpha value is -3.38. The lowest BCUT2D eigenvalue weighted by Crippen LogP contribution is -2.46. The summed E-state index contributed by atoms with van der Waals surface area (Å²) in [6, 6.07) is 3.50. The molecule has 0 saturated heterocycles. The molecule has 1 aliphatic rings. The van der Waals surface area contributed by atoms with Gasteiger partial charge < -0.3 is 25.1 Å². The summed E-state index contributed by atoms with van der Waals surface area (Å²) in [5.41, 5.74) is -0.937. The fraction of sp³-hybridized carbons (Fsp3) is 0.435. The number of H-pyrrole nitrogens is 2. The molecule has 12 heteroatoms. The molecule has 0 aliphatic heterocycles. The van der Waals surface area contributed by atoms with Gasteiger partial charge in [-0.05, 0) is 58.7 Å². The Morgan fingerprint density at radius 2 is 1.97 bits per heavy atom. The average molecular weight is 505 g/mol. The zero-order valence-electron chi connectivity index (χ0n) is 19.8. The van der Waals surface area contributed by atoms with Gasteiger partial charge in [-0.15, -0.1) is 0 Å². The summed E-state index contributed by atoms with van der Waals surface area (Å²) in [7, 11) is -4.00. The van der Waals surface area contributed by atoms with Crippen LogP contribution in [0.25, 0.3) is 21.8 Å². The number of carbonyl (C=O) groups is 2. The van der Waals surface area contributed by atoms with E-state index in [4.69, 9.17) is 4.74 Å². The second-order valence-electron chi connectivity index (χ2n) is 9.77. The number of carboxylic acids is 1. The first-order valence-electron chi connectivity index (χ1n) is 11.2. The van der Waals surface area contributed by atoms with E-state index >= 15 is 0 Å². The number of aromatic amines is 2. The number of sulfonamides is 1. The predicted molar refractivity (Wildman–Crippen MR) is 129 cm³/mol. The Balaban J connectivity index is 1.70. The van der Waals surface area contributed by atoms with E-state index in [2.05, 4.69) is 15.3 Å². The van der Waals surface area contributed by atoms with Crippen LogP contribution in [0.4, 0.5) is 4.79 Å². The number of rotatable bonds is 7. The third-order valence-electron chi connectivity index (χ3n) is 5.62. The van der Waals surface area contributed by atoms with Gasteiger partial charge in [-0.1, -0.05) is 0 Å². The van der Waals surface area contributed by atoms with E-state index in [-0.39, 0.29) is 33.9 Å². The standard InChI is InChI=1S/C23H28N4O7S/c1-12(25-22(31)34-23(2,3)4)11-27(13-5-6-13)35(32,33)14-7-8-17-15(9-14)18-16(21(29)30)10-24-19(18)20(28)26-17/h7-10,12-13,24H,5-6,11H2,1-4H3,(H,25,31)(H,26,28)(H,29,30)/t12-/m0/s1. The second-order valence-corrected chi connectivity index (χ2v) is 11.7. The van der Waals surface area contributed by atoms with Gasteiger partial charge in [0.2, 0.25) is 10.0 Å². The number of alkyl carbamates (subject to hydrolysis) is 1. The lowest BCUT2D eigenvalue weighted by atomic mass is 10.1. The zero-order valence-corrected chi connectivity index (χ0v) is 20.7. The number of aromatic carboxylic acids is 1. The molecule has 0 unspecified atom stereocenters. The van der Waals surface area contributed by atoms with Crippen molar-refractivity contribution in [1.82, 2.24) is 19.6 Å². The Morgan fingerprint density at radius 1 is 1.29 bits per heavy atom. The number of carbonyl (C=O) groups excluding carboxylic acids is 1. The van der Waals surface area contributed by atoms with Crippen molar-refractivity contribution in [2.75, 3.05) is 6.54 Å². The van der Waals surface area contributed by atoms with Gasteiger partial charge in [0.25, 0.3) is 5.56 Å². The van der Waals surface area contributed by atoms with Gasteiger partial charge in [0.1, 0.15) is 11.1 Å². The number of nitrogens with one attached hydrogen (secondary N) is 3. The topological polar surface area (TPSA) is 162 Å². The molecule has 0 spiro atoms. The van der Waals surface area contributed by atoms with E-state index in [1.807, 2.05) is 0 Å². The van der Waals surface area contributed by atoms with Crippen LogP contribution in [0.1, 0.15) is 50.9 Å². The molecule has 1 fully saturated rings. The van der Waals surface area contributed by atoms with Crippen LogP contribution < -0.4 is 10.9 Å². The lowest BCUT2D eigenvalue weighted by molar-refractivity contribution is 0.0502. The SMILES string of the molecule is C[C@@H](CN(C1CC1)S(=O)(=O)c1ccc2[nH]c(=O)c3[nH]cc(C(=O)O)c3c2c1)NC(=O)OC(C)(C)C. The number of amides is 1. The molecule has 1 aromatic carbocycles. The van der Waals surface area contributed by atoms with Crippen LogP contribution in [0.15, 0.2) is 34.1 Å². The van der Waals surface area contributed by atoms with Gasteiger partial charge in [0.15, 0.2) is 0 Å². The average Bonchev–Trinajstić information content (AvgIpc) is 3.46. The number of benzene rings is 1. The van der Waals surface area contributed by atoms with Crippen LogP contribution in [0, 0.1) is 0 Å². The zero-order chi connectivity index (χ0) is 25.7. The summed E-state index contributed by atoms with van der Waals surface area (Å²) in [6.07, 6.45) is 1.97. The van der Waals surface area contributed by atoms with Crippen LogP contribution in [0.5, 0.6) is 0 Å². The highest BCUT2D eigenvalue weighted by Crippen LogP contribution is 2.34. The van der Waals surface area contributed by atoms with Crippen LogP contribution >= 0.6 is 0 Å². The van der Waals surface area contributed by atoms with E-state index in [0.29, 0.717) is 23.7 Å². The van der Waals surface area contributed by atoms with E-state index in [1.54, 1.807) is 27.7 Å². The van der Waals surface area contributed by atoms with Gasteiger partial charge in [-0.2, -0.15) is 4.31 Å². The largest absolute Gasteiger partial charge is 0.478 e. The maximum atomic E-state index is 13.7. The number of hydrogen-bond acceptors (Lipinski definition) is 6. The maximum Gasteiger partial charge on any atom is 0.407 e. The molecule has 4 rings (SSSR count). The monoisotopic (exact) mass is 504 g/mol. The van der Waals surface area contributed by atoms with Crippen LogP contribution in [-0.2, 0) is 14.8 Å². The normalized spacial score (nSPS) is 15.5. The third kappa shape index (κ3) is 5.03. The van der Waals surface area contributed by atoms with Crippen molar-refractivity contribution in [3.63, 3.8) is 0 Å². The van der Waals surface area contributed by atoms with E-state index < -0.39 is 39.3 Å². The highest BCUT2D eigenvalue weighted by Gasteiger charge is 2.39. The van der Waals surface area contributed by atoms with Gasteiger partial charge in [0, 0.05) is 41.1 Å². The Labute approximate surface area is 201 Å². The summed E-state index contributed by atoms with van der Waals surface area (Å²) in [6.45, 7) is 6.95.